The summed E-state index contributed by atoms with van der Waals surface area (Å²) < 4.78 is 5.47. The maximum atomic E-state index is 12.8. The van der Waals surface area contributed by atoms with Crippen molar-refractivity contribution in [2.45, 2.75) is 44.2 Å². The molecule has 0 fully saturated rings. The van der Waals surface area contributed by atoms with Crippen molar-refractivity contribution in [1.82, 2.24) is 4.90 Å². The van der Waals surface area contributed by atoms with Crippen molar-refractivity contribution in [3.05, 3.63) is 80.2 Å². The van der Waals surface area contributed by atoms with Gasteiger partial charge in [0.1, 0.15) is 16.7 Å². The number of nitriles is 1. The molecule has 0 spiro atoms. The van der Waals surface area contributed by atoms with Crippen LogP contribution in [-0.4, -0.2) is 45.6 Å². The summed E-state index contributed by atoms with van der Waals surface area (Å²) in [7, 11) is 0. The minimum Gasteiger partial charge on any atom is -0.444 e. The van der Waals surface area contributed by atoms with E-state index >= 15 is 0 Å². The Morgan fingerprint density at radius 3 is 2.63 bits per heavy atom. The Bertz CT molecular complexity index is 1560. The number of nitro groups is 1. The summed E-state index contributed by atoms with van der Waals surface area (Å²) in [5, 5.41) is 26.8. The monoisotopic (exact) mass is 593 g/mol. The van der Waals surface area contributed by atoms with Crippen molar-refractivity contribution < 1.29 is 24.0 Å². The van der Waals surface area contributed by atoms with Crippen LogP contribution in [0.15, 0.2) is 53.4 Å². The summed E-state index contributed by atoms with van der Waals surface area (Å²) in [5.74, 6) is -0.746. The van der Waals surface area contributed by atoms with Gasteiger partial charge < -0.3 is 20.3 Å². The number of hydrogen-bond donors (Lipinski definition) is 2. The molecule has 1 aliphatic heterocycles. The molecule has 2 heterocycles. The molecule has 1 aliphatic rings. The van der Waals surface area contributed by atoms with Gasteiger partial charge in [-0.25, -0.2) is 4.79 Å². The lowest BCUT2D eigenvalue weighted by molar-refractivity contribution is -0.384. The SMILES string of the molecule is CC(C)(C)OC(=O)N1CCc2c(sc(NC(=O)CSc3cccc(NC(=O)c4cccc([N+](=O)[O-])c4)c3)c2C#N)C1. The van der Waals surface area contributed by atoms with Crippen LogP contribution in [0.25, 0.3) is 0 Å². The third-order valence-corrected chi connectivity index (χ3v) is 7.98. The number of nitrogens with one attached hydrogen (secondary N) is 2. The van der Waals surface area contributed by atoms with Gasteiger partial charge in [-0.2, -0.15) is 5.26 Å². The molecule has 0 unspecified atom stereocenters. The Kier molecular flexibility index (Phi) is 8.95. The van der Waals surface area contributed by atoms with E-state index in [2.05, 4.69) is 16.7 Å². The molecule has 1 aromatic heterocycles. The molecule has 3 amide bonds. The number of nitro benzene ring substituents is 1. The Morgan fingerprint density at radius 2 is 1.93 bits per heavy atom. The second kappa shape index (κ2) is 12.4. The number of non-ortho nitro benzene ring substituents is 1. The molecule has 0 atom stereocenters. The van der Waals surface area contributed by atoms with Crippen LogP contribution in [0.1, 0.15) is 47.1 Å². The lowest BCUT2D eigenvalue weighted by atomic mass is 10.0. The number of carbonyl (C=O) groups is 3. The van der Waals surface area contributed by atoms with Gasteiger partial charge in [0.15, 0.2) is 0 Å². The number of thiophene rings is 1. The molecular formula is C28H27N5O6S2. The van der Waals surface area contributed by atoms with Crippen LogP contribution in [0.4, 0.5) is 21.2 Å². The molecule has 41 heavy (non-hydrogen) atoms. The largest absolute Gasteiger partial charge is 0.444 e. The van der Waals surface area contributed by atoms with Gasteiger partial charge in [-0.3, -0.25) is 19.7 Å². The first-order valence-corrected chi connectivity index (χ1v) is 14.3. The van der Waals surface area contributed by atoms with Crippen molar-refractivity contribution in [3.8, 4) is 6.07 Å². The second-order valence-electron chi connectivity index (χ2n) is 10.1. The summed E-state index contributed by atoms with van der Waals surface area (Å²) in [5.41, 5.74) is 1.08. The smallest absolute Gasteiger partial charge is 0.410 e. The van der Waals surface area contributed by atoms with Crippen LogP contribution in [0.5, 0.6) is 0 Å². The fourth-order valence-corrected chi connectivity index (χ4v) is 6.02. The number of amides is 3. The second-order valence-corrected chi connectivity index (χ2v) is 12.3. The number of hydrogen-bond acceptors (Lipinski definition) is 9. The molecule has 212 valence electrons. The highest BCUT2D eigenvalue weighted by molar-refractivity contribution is 8.00. The van der Waals surface area contributed by atoms with E-state index in [1.165, 1.54) is 47.4 Å². The molecule has 2 aromatic carbocycles. The number of anilines is 2. The quantitative estimate of drug-likeness (QED) is 0.198. The highest BCUT2D eigenvalue weighted by Gasteiger charge is 2.30. The zero-order chi connectivity index (χ0) is 29.7. The van der Waals surface area contributed by atoms with Crippen molar-refractivity contribution in [1.29, 1.82) is 5.26 Å². The fraction of sp³-hybridized carbons (Fsp3) is 0.286. The van der Waals surface area contributed by atoms with Crippen LogP contribution < -0.4 is 10.6 Å². The van der Waals surface area contributed by atoms with Gasteiger partial charge in [0.25, 0.3) is 11.6 Å². The van der Waals surface area contributed by atoms with E-state index in [4.69, 9.17) is 4.74 Å². The number of carbonyl (C=O) groups excluding carboxylic acids is 3. The molecule has 0 aliphatic carbocycles. The zero-order valence-electron chi connectivity index (χ0n) is 22.6. The molecule has 0 radical (unpaired) electrons. The Morgan fingerprint density at radius 1 is 1.17 bits per heavy atom. The minimum absolute atomic E-state index is 0.0553. The molecule has 11 nitrogen and oxygen atoms in total. The number of rotatable bonds is 7. The molecule has 0 saturated carbocycles. The number of benzene rings is 2. The highest BCUT2D eigenvalue weighted by Crippen LogP contribution is 2.37. The van der Waals surface area contributed by atoms with E-state index in [1.807, 2.05) is 0 Å². The van der Waals surface area contributed by atoms with Crippen LogP contribution >= 0.6 is 23.1 Å². The molecule has 0 saturated heterocycles. The Balaban J connectivity index is 1.36. The summed E-state index contributed by atoms with van der Waals surface area (Å²) in [6, 6.07) is 14.5. The standard InChI is InChI=1S/C28H27N5O6S2/c1-28(2,3)39-27(36)32-11-10-21-22(14-29)26(41-23(21)15-32)31-24(34)16-40-20-9-5-7-18(13-20)30-25(35)17-6-4-8-19(12-17)33(37)38/h4-9,12-13H,10-11,15-16H2,1-3H3,(H,30,35)(H,31,34). The third-order valence-electron chi connectivity index (χ3n) is 5.85. The zero-order valence-corrected chi connectivity index (χ0v) is 24.2. The Labute approximate surface area is 244 Å². The normalized spacial score (nSPS) is 12.6. The van der Waals surface area contributed by atoms with Crippen molar-refractivity contribution in [2.24, 2.45) is 0 Å². The van der Waals surface area contributed by atoms with Crippen molar-refractivity contribution in [3.63, 3.8) is 0 Å². The maximum Gasteiger partial charge on any atom is 0.410 e. The first-order valence-electron chi connectivity index (χ1n) is 12.5. The van der Waals surface area contributed by atoms with Crippen molar-refractivity contribution in [2.75, 3.05) is 22.9 Å². The van der Waals surface area contributed by atoms with E-state index in [0.29, 0.717) is 35.8 Å². The van der Waals surface area contributed by atoms with Crippen LogP contribution in [-0.2, 0) is 22.5 Å². The van der Waals surface area contributed by atoms with Crippen molar-refractivity contribution >= 4 is 57.4 Å². The predicted molar refractivity (Wildman–Crippen MR) is 156 cm³/mol. The molecule has 0 bridgehead atoms. The molecular weight excluding hydrogens is 566 g/mol. The van der Waals surface area contributed by atoms with E-state index in [9.17, 15) is 29.8 Å². The first-order chi connectivity index (χ1) is 19.4. The van der Waals surface area contributed by atoms with E-state index in [0.717, 1.165) is 15.3 Å². The predicted octanol–water partition coefficient (Wildman–Crippen LogP) is 5.80. The highest BCUT2D eigenvalue weighted by atomic mass is 32.2. The third kappa shape index (κ3) is 7.62. The molecule has 13 heteroatoms. The van der Waals surface area contributed by atoms with Gasteiger partial charge in [-0.1, -0.05) is 12.1 Å². The van der Waals surface area contributed by atoms with Crippen LogP contribution in [0.2, 0.25) is 0 Å². The molecule has 3 aromatic rings. The average Bonchev–Trinajstić information content (AvgIpc) is 3.27. The molecule has 2 N–H and O–H groups in total. The van der Waals surface area contributed by atoms with Gasteiger partial charge >= 0.3 is 6.09 Å². The van der Waals surface area contributed by atoms with E-state index in [-0.39, 0.29) is 22.9 Å². The van der Waals surface area contributed by atoms with Gasteiger partial charge in [0.05, 0.1) is 22.8 Å². The Hall–Kier alpha value is -4.41. The lowest BCUT2D eigenvalue weighted by Crippen LogP contribution is -2.39. The minimum atomic E-state index is -0.613. The van der Waals surface area contributed by atoms with Crippen LogP contribution in [0.3, 0.4) is 0 Å². The van der Waals surface area contributed by atoms with E-state index in [1.54, 1.807) is 49.9 Å². The number of thioether (sulfide) groups is 1. The fourth-order valence-electron chi connectivity index (χ4n) is 4.03. The summed E-state index contributed by atoms with van der Waals surface area (Å²) in [4.78, 5) is 51.4. The lowest BCUT2D eigenvalue weighted by Gasteiger charge is -2.29. The average molecular weight is 594 g/mol. The number of fused-ring (bicyclic) bond motifs is 1. The van der Waals surface area contributed by atoms with Gasteiger partial charge in [-0.15, -0.1) is 23.1 Å². The van der Waals surface area contributed by atoms with E-state index < -0.39 is 22.5 Å². The van der Waals surface area contributed by atoms with Gasteiger partial charge in [0, 0.05) is 39.7 Å². The molecule has 4 rings (SSSR count). The summed E-state index contributed by atoms with van der Waals surface area (Å²) in [6.45, 7) is 6.14. The number of nitrogens with zero attached hydrogens (tertiary/aromatic N) is 3. The summed E-state index contributed by atoms with van der Waals surface area (Å²) in [6.07, 6.45) is 0.0773. The van der Waals surface area contributed by atoms with Gasteiger partial charge in [-0.05, 0) is 57.0 Å². The topological polar surface area (TPSA) is 155 Å². The van der Waals surface area contributed by atoms with Crippen LogP contribution in [0, 0.1) is 21.4 Å². The van der Waals surface area contributed by atoms with Gasteiger partial charge in [0.2, 0.25) is 5.91 Å². The maximum absolute atomic E-state index is 12.8. The first kappa shape index (κ1) is 29.6. The number of ether oxygens (including phenoxy) is 1. The summed E-state index contributed by atoms with van der Waals surface area (Å²) >= 11 is 2.53.